The molecule has 0 aliphatic carbocycles. The fraction of sp³-hybridized carbons (Fsp3) is 0.0400. The fourth-order valence-corrected chi connectivity index (χ4v) is 3.55. The predicted molar refractivity (Wildman–Crippen MR) is 108 cm³/mol. The van der Waals surface area contributed by atoms with E-state index in [1.165, 1.54) is 33.0 Å². The molecule has 0 N–H and O–H groups in total. The zero-order chi connectivity index (χ0) is 17.3. The maximum atomic E-state index is 6.02. The maximum Gasteiger partial charge on any atom is 0.136 e. The van der Waals surface area contributed by atoms with Crippen LogP contribution in [-0.4, -0.2) is 0 Å². The van der Waals surface area contributed by atoms with Gasteiger partial charge in [-0.05, 0) is 46.9 Å². The van der Waals surface area contributed by atoms with E-state index in [4.69, 9.17) is 4.42 Å². The normalized spacial score (nSPS) is 11.2. The number of hydrogen-bond acceptors (Lipinski definition) is 1. The molecule has 0 saturated heterocycles. The summed E-state index contributed by atoms with van der Waals surface area (Å²) in [6.07, 6.45) is 0.962. The molecule has 0 atom stereocenters. The van der Waals surface area contributed by atoms with Crippen LogP contribution in [0.15, 0.2) is 101 Å². The molecule has 0 aliphatic rings. The molecule has 1 nitrogen and oxygen atoms in total. The van der Waals surface area contributed by atoms with Crippen LogP contribution < -0.4 is 0 Å². The van der Waals surface area contributed by atoms with Crippen molar-refractivity contribution in [3.05, 3.63) is 108 Å². The summed E-state index contributed by atoms with van der Waals surface area (Å²) >= 11 is 0. The Morgan fingerprint density at radius 1 is 0.500 bits per heavy atom. The standard InChI is InChI=1S/C25H18O/c1-2-6-18(7-3-1)16-19-10-12-20(13-11-19)21-14-15-23-22-8-4-5-9-24(22)26-25(23)17-21/h1-15,17H,16H2. The summed E-state index contributed by atoms with van der Waals surface area (Å²) in [5.74, 6) is 0. The second-order valence-corrected chi connectivity index (χ2v) is 6.67. The third-order valence-electron chi connectivity index (χ3n) is 4.92. The zero-order valence-corrected chi connectivity index (χ0v) is 14.4. The largest absolute Gasteiger partial charge is 0.456 e. The van der Waals surface area contributed by atoms with Crippen LogP contribution in [0.3, 0.4) is 0 Å². The van der Waals surface area contributed by atoms with Gasteiger partial charge in [0.2, 0.25) is 0 Å². The van der Waals surface area contributed by atoms with E-state index in [9.17, 15) is 0 Å². The van der Waals surface area contributed by atoms with Gasteiger partial charge < -0.3 is 4.42 Å². The first kappa shape index (κ1) is 15.0. The van der Waals surface area contributed by atoms with Crippen LogP contribution in [-0.2, 0) is 6.42 Å². The van der Waals surface area contributed by atoms with Crippen molar-refractivity contribution in [1.29, 1.82) is 0 Å². The lowest BCUT2D eigenvalue weighted by molar-refractivity contribution is 0.669. The van der Waals surface area contributed by atoms with Crippen molar-refractivity contribution in [3.8, 4) is 11.1 Å². The molecule has 0 unspecified atom stereocenters. The first-order valence-electron chi connectivity index (χ1n) is 8.91. The van der Waals surface area contributed by atoms with Crippen molar-refractivity contribution in [3.63, 3.8) is 0 Å². The molecule has 0 spiro atoms. The van der Waals surface area contributed by atoms with Crippen molar-refractivity contribution in [2.24, 2.45) is 0 Å². The van der Waals surface area contributed by atoms with Crippen LogP contribution in [0.1, 0.15) is 11.1 Å². The number of hydrogen-bond donors (Lipinski definition) is 0. The van der Waals surface area contributed by atoms with Gasteiger partial charge in [0.05, 0.1) is 0 Å². The van der Waals surface area contributed by atoms with Gasteiger partial charge in [-0.2, -0.15) is 0 Å². The highest BCUT2D eigenvalue weighted by Crippen LogP contribution is 2.32. The molecule has 1 heteroatoms. The molecule has 0 amide bonds. The smallest absolute Gasteiger partial charge is 0.136 e. The molecule has 124 valence electrons. The molecule has 1 heterocycles. The minimum atomic E-state index is 0.942. The van der Waals surface area contributed by atoms with Gasteiger partial charge in [-0.15, -0.1) is 0 Å². The van der Waals surface area contributed by atoms with Crippen molar-refractivity contribution in [2.75, 3.05) is 0 Å². The van der Waals surface area contributed by atoms with E-state index in [-0.39, 0.29) is 0 Å². The summed E-state index contributed by atoms with van der Waals surface area (Å²) in [7, 11) is 0. The minimum absolute atomic E-state index is 0.942. The molecule has 0 aliphatic heterocycles. The summed E-state index contributed by atoms with van der Waals surface area (Å²) < 4.78 is 6.02. The average molecular weight is 334 g/mol. The summed E-state index contributed by atoms with van der Waals surface area (Å²) in [6, 6.07) is 34.1. The Labute approximate surface area is 152 Å². The fourth-order valence-electron chi connectivity index (χ4n) is 3.55. The maximum absolute atomic E-state index is 6.02. The van der Waals surface area contributed by atoms with E-state index in [1.807, 2.05) is 12.1 Å². The van der Waals surface area contributed by atoms with Gasteiger partial charge in [0.25, 0.3) is 0 Å². The third-order valence-corrected chi connectivity index (χ3v) is 4.92. The summed E-state index contributed by atoms with van der Waals surface area (Å²) in [5.41, 5.74) is 6.94. The second kappa shape index (κ2) is 6.20. The Kier molecular flexibility index (Phi) is 3.57. The van der Waals surface area contributed by atoms with Gasteiger partial charge in [-0.25, -0.2) is 0 Å². The van der Waals surface area contributed by atoms with E-state index in [0.717, 1.165) is 17.6 Å². The van der Waals surface area contributed by atoms with Gasteiger partial charge in [-0.3, -0.25) is 0 Å². The molecule has 1 aromatic heterocycles. The number of rotatable bonds is 3. The van der Waals surface area contributed by atoms with Crippen LogP contribution in [0.4, 0.5) is 0 Å². The van der Waals surface area contributed by atoms with E-state index in [1.54, 1.807) is 0 Å². The third kappa shape index (κ3) is 2.68. The van der Waals surface area contributed by atoms with Crippen LogP contribution in [0, 0.1) is 0 Å². The lowest BCUT2D eigenvalue weighted by Gasteiger charge is -2.05. The van der Waals surface area contributed by atoms with E-state index < -0.39 is 0 Å². The van der Waals surface area contributed by atoms with Crippen molar-refractivity contribution >= 4 is 21.9 Å². The first-order chi connectivity index (χ1) is 12.9. The predicted octanol–water partition coefficient (Wildman–Crippen LogP) is 6.84. The molecule has 5 rings (SSSR count). The molecule has 0 radical (unpaired) electrons. The van der Waals surface area contributed by atoms with Crippen molar-refractivity contribution in [1.82, 2.24) is 0 Å². The van der Waals surface area contributed by atoms with Crippen LogP contribution >= 0.6 is 0 Å². The number of benzene rings is 4. The van der Waals surface area contributed by atoms with Gasteiger partial charge in [-0.1, -0.05) is 78.9 Å². The number of furan rings is 1. The topological polar surface area (TPSA) is 13.1 Å². The Morgan fingerprint density at radius 3 is 2.00 bits per heavy atom. The molecule has 0 saturated carbocycles. The molecule has 0 bridgehead atoms. The Morgan fingerprint density at radius 2 is 1.15 bits per heavy atom. The lowest BCUT2D eigenvalue weighted by atomic mass is 9.99. The van der Waals surface area contributed by atoms with E-state index >= 15 is 0 Å². The number of para-hydroxylation sites is 1. The van der Waals surface area contributed by atoms with Crippen LogP contribution in [0.5, 0.6) is 0 Å². The molecule has 4 aromatic carbocycles. The zero-order valence-electron chi connectivity index (χ0n) is 14.4. The van der Waals surface area contributed by atoms with Crippen LogP contribution in [0.2, 0.25) is 0 Å². The Bertz CT molecular complexity index is 1180. The summed E-state index contributed by atoms with van der Waals surface area (Å²) in [5, 5.41) is 2.34. The van der Waals surface area contributed by atoms with Gasteiger partial charge in [0, 0.05) is 10.8 Å². The molecule has 26 heavy (non-hydrogen) atoms. The second-order valence-electron chi connectivity index (χ2n) is 6.67. The van der Waals surface area contributed by atoms with E-state index in [0.29, 0.717) is 0 Å². The average Bonchev–Trinajstić information content (AvgIpc) is 3.07. The molecular formula is C25H18O. The number of fused-ring (bicyclic) bond motifs is 3. The SMILES string of the molecule is c1ccc(Cc2ccc(-c3ccc4c(c3)oc3ccccc34)cc2)cc1. The van der Waals surface area contributed by atoms with Crippen LogP contribution in [0.25, 0.3) is 33.1 Å². The highest BCUT2D eigenvalue weighted by molar-refractivity contribution is 6.05. The summed E-state index contributed by atoms with van der Waals surface area (Å²) in [4.78, 5) is 0. The quantitative estimate of drug-likeness (QED) is 0.352. The molecule has 0 fully saturated rings. The van der Waals surface area contributed by atoms with Crippen molar-refractivity contribution in [2.45, 2.75) is 6.42 Å². The monoisotopic (exact) mass is 334 g/mol. The molecular weight excluding hydrogens is 316 g/mol. The molecule has 5 aromatic rings. The van der Waals surface area contributed by atoms with E-state index in [2.05, 4.69) is 84.9 Å². The van der Waals surface area contributed by atoms with Crippen molar-refractivity contribution < 1.29 is 4.42 Å². The highest BCUT2D eigenvalue weighted by Gasteiger charge is 2.08. The van der Waals surface area contributed by atoms with Gasteiger partial charge >= 0.3 is 0 Å². The first-order valence-corrected chi connectivity index (χ1v) is 8.91. The van der Waals surface area contributed by atoms with Gasteiger partial charge in [0.1, 0.15) is 11.2 Å². The Balaban J connectivity index is 1.48. The highest BCUT2D eigenvalue weighted by atomic mass is 16.3. The van der Waals surface area contributed by atoms with Gasteiger partial charge in [0.15, 0.2) is 0 Å². The summed E-state index contributed by atoms with van der Waals surface area (Å²) in [6.45, 7) is 0. The Hall–Kier alpha value is -3.32. The minimum Gasteiger partial charge on any atom is -0.456 e. The lowest BCUT2D eigenvalue weighted by Crippen LogP contribution is -1.87.